The van der Waals surface area contributed by atoms with Crippen LogP contribution in [0.3, 0.4) is 0 Å². The molecule has 2 N–H and O–H groups in total. The molecule has 4 aromatic rings. The quantitative estimate of drug-likeness (QED) is 0.203. The summed E-state index contributed by atoms with van der Waals surface area (Å²) >= 11 is 1.03. The van der Waals surface area contributed by atoms with Crippen molar-refractivity contribution in [1.29, 1.82) is 5.26 Å². The van der Waals surface area contributed by atoms with E-state index in [2.05, 4.69) is 16.7 Å². The SMILES string of the molecule is CC1=C(C(=O)Nc2ccccc2C)C(c2cccc(F)c2)C(C#N)=C(SCC(=O)c2cc3ccccc3oc2=O)N1. The summed E-state index contributed by atoms with van der Waals surface area (Å²) in [7, 11) is 0. The largest absolute Gasteiger partial charge is 0.422 e. The standard InChI is InChI=1S/C32H24FN3O4S/c1-18-8-3-5-12-25(18)36-30(38)28-19(2)35-31(24(16-34)29(28)21-10-7-11-22(33)14-21)41-17-26(37)23-15-20-9-4-6-13-27(20)40-32(23)39/h3-15,29,35H,17H2,1-2H3,(H,36,38). The number of Topliss-reactive ketones (excluding diaryl/α,β-unsaturated/α-hetero) is 1. The van der Waals surface area contributed by atoms with Crippen LogP contribution in [0.25, 0.3) is 11.0 Å². The number of allylic oxidation sites excluding steroid dienone is 2. The van der Waals surface area contributed by atoms with E-state index >= 15 is 0 Å². The predicted octanol–water partition coefficient (Wildman–Crippen LogP) is 6.19. The van der Waals surface area contributed by atoms with Gasteiger partial charge in [0.05, 0.1) is 28.3 Å². The highest BCUT2D eigenvalue weighted by molar-refractivity contribution is 8.03. The van der Waals surface area contributed by atoms with Crippen LogP contribution < -0.4 is 16.3 Å². The van der Waals surface area contributed by atoms with Gasteiger partial charge in [-0.25, -0.2) is 9.18 Å². The zero-order valence-corrected chi connectivity index (χ0v) is 23.0. The maximum Gasteiger partial charge on any atom is 0.347 e. The third-order valence-electron chi connectivity index (χ3n) is 6.76. The van der Waals surface area contributed by atoms with E-state index in [1.165, 1.54) is 24.3 Å². The molecule has 0 bridgehead atoms. The van der Waals surface area contributed by atoms with Gasteiger partial charge in [-0.2, -0.15) is 5.26 Å². The number of anilines is 1. The first-order valence-electron chi connectivity index (χ1n) is 12.7. The molecule has 3 aromatic carbocycles. The molecule has 41 heavy (non-hydrogen) atoms. The molecule has 1 aliphatic rings. The van der Waals surface area contributed by atoms with Gasteiger partial charge in [0, 0.05) is 22.3 Å². The van der Waals surface area contributed by atoms with Crippen LogP contribution in [0.1, 0.15) is 34.3 Å². The van der Waals surface area contributed by atoms with E-state index in [1.54, 1.807) is 49.4 Å². The van der Waals surface area contributed by atoms with Gasteiger partial charge in [0.2, 0.25) is 0 Å². The number of nitrogens with one attached hydrogen (secondary N) is 2. The molecule has 0 radical (unpaired) electrons. The Hall–Kier alpha value is -4.94. The molecule has 0 spiro atoms. The van der Waals surface area contributed by atoms with E-state index in [4.69, 9.17) is 4.42 Å². The van der Waals surface area contributed by atoms with Crippen molar-refractivity contribution in [2.45, 2.75) is 19.8 Å². The summed E-state index contributed by atoms with van der Waals surface area (Å²) in [5.41, 5.74) is 2.26. The summed E-state index contributed by atoms with van der Waals surface area (Å²) in [4.78, 5) is 39.2. The molecular formula is C32H24FN3O4S. The van der Waals surface area contributed by atoms with Crippen LogP contribution in [-0.4, -0.2) is 17.4 Å². The van der Waals surface area contributed by atoms with Crippen molar-refractivity contribution in [3.05, 3.63) is 134 Å². The topological polar surface area (TPSA) is 112 Å². The van der Waals surface area contributed by atoms with Crippen molar-refractivity contribution in [3.63, 3.8) is 0 Å². The molecule has 2 heterocycles. The Morgan fingerprint density at radius 2 is 1.80 bits per heavy atom. The molecule has 0 aliphatic carbocycles. The first-order valence-corrected chi connectivity index (χ1v) is 13.7. The average molecular weight is 566 g/mol. The van der Waals surface area contributed by atoms with Crippen molar-refractivity contribution >= 4 is 40.1 Å². The molecule has 9 heteroatoms. The Balaban J connectivity index is 1.49. The van der Waals surface area contributed by atoms with Gasteiger partial charge in [-0.05, 0) is 55.3 Å². The minimum atomic E-state index is -0.899. The number of nitriles is 1. The number of aryl methyl sites for hydroxylation is 1. The average Bonchev–Trinajstić information content (AvgIpc) is 2.96. The summed E-state index contributed by atoms with van der Waals surface area (Å²) in [5.74, 6) is -2.51. The van der Waals surface area contributed by atoms with Crippen molar-refractivity contribution in [3.8, 4) is 6.07 Å². The van der Waals surface area contributed by atoms with E-state index in [9.17, 15) is 24.0 Å². The van der Waals surface area contributed by atoms with Gasteiger partial charge in [0.1, 0.15) is 17.0 Å². The Kier molecular flexibility index (Phi) is 7.86. The third-order valence-corrected chi connectivity index (χ3v) is 7.77. The smallest absolute Gasteiger partial charge is 0.347 e. The number of thioether (sulfide) groups is 1. The number of ketones is 1. The van der Waals surface area contributed by atoms with E-state index in [0.29, 0.717) is 32.9 Å². The summed E-state index contributed by atoms with van der Waals surface area (Å²) in [5, 5.41) is 17.2. The van der Waals surface area contributed by atoms with E-state index < -0.39 is 29.1 Å². The summed E-state index contributed by atoms with van der Waals surface area (Å²) < 4.78 is 19.6. The highest BCUT2D eigenvalue weighted by Crippen LogP contribution is 2.41. The van der Waals surface area contributed by atoms with Gasteiger partial charge >= 0.3 is 5.63 Å². The number of carbonyl (C=O) groups excluding carboxylic acids is 2. The van der Waals surface area contributed by atoms with Crippen molar-refractivity contribution in [2.24, 2.45) is 0 Å². The van der Waals surface area contributed by atoms with Crippen LogP contribution in [-0.2, 0) is 4.79 Å². The number of dihydropyridines is 1. The van der Waals surface area contributed by atoms with Gasteiger partial charge in [-0.15, -0.1) is 0 Å². The summed E-state index contributed by atoms with van der Waals surface area (Å²) in [6.45, 7) is 3.55. The lowest BCUT2D eigenvalue weighted by atomic mass is 9.82. The molecule has 1 amide bonds. The molecule has 0 saturated carbocycles. The molecule has 1 aromatic heterocycles. The molecule has 1 atom stereocenters. The number of nitrogens with zero attached hydrogens (tertiary/aromatic N) is 1. The fraction of sp³-hybridized carbons (Fsp3) is 0.125. The Labute approximate surface area is 239 Å². The van der Waals surface area contributed by atoms with E-state index in [0.717, 1.165) is 17.3 Å². The van der Waals surface area contributed by atoms with Crippen LogP contribution in [0.2, 0.25) is 0 Å². The fourth-order valence-corrected chi connectivity index (χ4v) is 5.70. The minimum absolute atomic E-state index is 0.0987. The second-order valence-electron chi connectivity index (χ2n) is 9.47. The normalized spacial score (nSPS) is 14.9. The third kappa shape index (κ3) is 5.69. The van der Waals surface area contributed by atoms with Crippen molar-refractivity contribution < 1.29 is 18.4 Å². The van der Waals surface area contributed by atoms with Gasteiger partial charge < -0.3 is 15.1 Å². The van der Waals surface area contributed by atoms with E-state index in [1.807, 2.05) is 19.1 Å². The second kappa shape index (κ2) is 11.7. The first-order chi connectivity index (χ1) is 19.8. The number of hydrogen-bond acceptors (Lipinski definition) is 7. The number of para-hydroxylation sites is 2. The first kappa shape index (κ1) is 27.6. The number of fused-ring (bicyclic) bond motifs is 1. The minimum Gasteiger partial charge on any atom is -0.422 e. The highest BCUT2D eigenvalue weighted by atomic mass is 32.2. The lowest BCUT2D eigenvalue weighted by Crippen LogP contribution is -2.31. The van der Waals surface area contributed by atoms with Crippen molar-refractivity contribution in [1.82, 2.24) is 5.32 Å². The van der Waals surface area contributed by atoms with Gasteiger partial charge in [0.25, 0.3) is 5.91 Å². The molecule has 1 unspecified atom stereocenters. The molecule has 0 saturated heterocycles. The number of halogens is 1. The molecular weight excluding hydrogens is 541 g/mol. The van der Waals surface area contributed by atoms with Crippen LogP contribution >= 0.6 is 11.8 Å². The highest BCUT2D eigenvalue weighted by Gasteiger charge is 2.35. The predicted molar refractivity (Wildman–Crippen MR) is 157 cm³/mol. The Morgan fingerprint density at radius 1 is 1.05 bits per heavy atom. The maximum absolute atomic E-state index is 14.3. The van der Waals surface area contributed by atoms with Crippen LogP contribution in [0.5, 0.6) is 0 Å². The second-order valence-corrected chi connectivity index (χ2v) is 10.5. The van der Waals surface area contributed by atoms with Crippen LogP contribution in [0, 0.1) is 24.1 Å². The number of hydrogen-bond donors (Lipinski definition) is 2. The Morgan fingerprint density at radius 3 is 2.56 bits per heavy atom. The van der Waals surface area contributed by atoms with Gasteiger partial charge in [-0.3, -0.25) is 9.59 Å². The lowest BCUT2D eigenvalue weighted by molar-refractivity contribution is -0.113. The van der Waals surface area contributed by atoms with Gasteiger partial charge in [0.15, 0.2) is 5.78 Å². The van der Waals surface area contributed by atoms with E-state index in [-0.39, 0.29) is 22.5 Å². The van der Waals surface area contributed by atoms with Gasteiger partial charge in [-0.1, -0.05) is 60.3 Å². The number of amides is 1. The Bertz CT molecular complexity index is 1870. The number of benzene rings is 3. The van der Waals surface area contributed by atoms with Crippen LogP contribution in [0.15, 0.2) is 110 Å². The molecule has 204 valence electrons. The number of rotatable bonds is 7. The zero-order chi connectivity index (χ0) is 29.1. The maximum atomic E-state index is 14.3. The zero-order valence-electron chi connectivity index (χ0n) is 22.2. The van der Waals surface area contributed by atoms with Crippen molar-refractivity contribution in [2.75, 3.05) is 11.1 Å². The molecule has 0 fully saturated rings. The molecule has 1 aliphatic heterocycles. The summed E-state index contributed by atoms with van der Waals surface area (Å²) in [6, 6.07) is 23.6. The lowest BCUT2D eigenvalue weighted by Gasteiger charge is -2.30. The monoisotopic (exact) mass is 565 g/mol. The molecule has 5 rings (SSSR count). The molecule has 7 nitrogen and oxygen atoms in total. The fourth-order valence-electron chi connectivity index (χ4n) is 4.72. The van der Waals surface area contributed by atoms with Crippen LogP contribution in [0.4, 0.5) is 10.1 Å². The summed E-state index contributed by atoms with van der Waals surface area (Å²) in [6.07, 6.45) is 0. The number of carbonyl (C=O) groups is 2.